The summed E-state index contributed by atoms with van der Waals surface area (Å²) in [5.41, 5.74) is 2.64. The van der Waals surface area contributed by atoms with Gasteiger partial charge in [-0.1, -0.05) is 25.1 Å². The molecule has 1 aliphatic rings. The molecule has 2 unspecified atom stereocenters. The molecule has 3 rings (SSSR count). The van der Waals surface area contributed by atoms with Crippen LogP contribution in [0.1, 0.15) is 24.3 Å². The largest absolute Gasteiger partial charge is 0.467 e. The summed E-state index contributed by atoms with van der Waals surface area (Å²) in [4.78, 5) is 0. The lowest BCUT2D eigenvalue weighted by Gasteiger charge is -2.31. The van der Waals surface area contributed by atoms with E-state index in [2.05, 4.69) is 36.5 Å². The molecule has 1 aliphatic heterocycles. The molecule has 2 heteroatoms. The highest BCUT2D eigenvalue weighted by molar-refractivity contribution is 5.54. The van der Waals surface area contributed by atoms with Gasteiger partial charge in [0.05, 0.1) is 12.3 Å². The van der Waals surface area contributed by atoms with Crippen molar-refractivity contribution in [1.29, 1.82) is 0 Å². The SMILES string of the molecule is CC1Cc2ccccc2NC1c1ccco1. The average Bonchev–Trinajstić information content (AvgIpc) is 2.81. The Morgan fingerprint density at radius 3 is 2.88 bits per heavy atom. The van der Waals surface area contributed by atoms with Crippen molar-refractivity contribution in [2.24, 2.45) is 5.92 Å². The maximum absolute atomic E-state index is 5.50. The first-order valence-electron chi connectivity index (χ1n) is 5.72. The molecule has 0 fully saturated rings. The van der Waals surface area contributed by atoms with Crippen LogP contribution >= 0.6 is 0 Å². The van der Waals surface area contributed by atoms with Crippen LogP contribution in [0, 0.1) is 5.92 Å². The Kier molecular flexibility index (Phi) is 2.21. The molecule has 0 saturated carbocycles. The van der Waals surface area contributed by atoms with E-state index in [1.807, 2.05) is 12.1 Å². The second kappa shape index (κ2) is 3.71. The van der Waals surface area contributed by atoms with E-state index in [0.29, 0.717) is 12.0 Å². The van der Waals surface area contributed by atoms with E-state index in [1.165, 1.54) is 11.3 Å². The molecule has 1 aromatic heterocycles. The second-order valence-electron chi connectivity index (χ2n) is 4.48. The molecule has 2 heterocycles. The van der Waals surface area contributed by atoms with Gasteiger partial charge < -0.3 is 9.73 Å². The van der Waals surface area contributed by atoms with Crippen LogP contribution in [0.2, 0.25) is 0 Å². The van der Waals surface area contributed by atoms with Gasteiger partial charge >= 0.3 is 0 Å². The van der Waals surface area contributed by atoms with Gasteiger partial charge in [-0.05, 0) is 36.1 Å². The van der Waals surface area contributed by atoms with E-state index in [1.54, 1.807) is 6.26 Å². The number of anilines is 1. The fourth-order valence-corrected chi connectivity index (χ4v) is 2.43. The number of furan rings is 1. The summed E-state index contributed by atoms with van der Waals surface area (Å²) >= 11 is 0. The fraction of sp³-hybridized carbons (Fsp3) is 0.286. The maximum Gasteiger partial charge on any atom is 0.126 e. The minimum atomic E-state index is 0.296. The van der Waals surface area contributed by atoms with Crippen molar-refractivity contribution >= 4 is 5.69 Å². The van der Waals surface area contributed by atoms with E-state index in [4.69, 9.17) is 4.42 Å². The van der Waals surface area contributed by atoms with E-state index >= 15 is 0 Å². The molecule has 0 radical (unpaired) electrons. The number of nitrogens with one attached hydrogen (secondary N) is 1. The van der Waals surface area contributed by atoms with Crippen molar-refractivity contribution in [2.45, 2.75) is 19.4 Å². The van der Waals surface area contributed by atoms with E-state index in [9.17, 15) is 0 Å². The third kappa shape index (κ3) is 1.51. The number of para-hydroxylation sites is 1. The van der Waals surface area contributed by atoms with Crippen molar-refractivity contribution in [3.63, 3.8) is 0 Å². The first-order valence-corrected chi connectivity index (χ1v) is 5.72. The monoisotopic (exact) mass is 213 g/mol. The number of hydrogen-bond donors (Lipinski definition) is 1. The Morgan fingerprint density at radius 1 is 1.19 bits per heavy atom. The molecule has 1 aromatic carbocycles. The summed E-state index contributed by atoms with van der Waals surface area (Å²) in [5, 5.41) is 3.56. The summed E-state index contributed by atoms with van der Waals surface area (Å²) in [7, 11) is 0. The van der Waals surface area contributed by atoms with Gasteiger partial charge in [0.15, 0.2) is 0 Å². The molecule has 2 nitrogen and oxygen atoms in total. The quantitative estimate of drug-likeness (QED) is 0.782. The number of rotatable bonds is 1. The Hall–Kier alpha value is -1.70. The fourth-order valence-electron chi connectivity index (χ4n) is 2.43. The van der Waals surface area contributed by atoms with Crippen LogP contribution in [0.5, 0.6) is 0 Å². The Labute approximate surface area is 95.3 Å². The zero-order chi connectivity index (χ0) is 11.0. The van der Waals surface area contributed by atoms with E-state index in [0.717, 1.165) is 12.2 Å². The van der Waals surface area contributed by atoms with Crippen molar-refractivity contribution in [2.75, 3.05) is 5.32 Å². The normalized spacial score (nSPS) is 23.6. The summed E-state index contributed by atoms with van der Waals surface area (Å²) in [5.74, 6) is 1.59. The van der Waals surface area contributed by atoms with Gasteiger partial charge in [0.2, 0.25) is 0 Å². The summed E-state index contributed by atoms with van der Waals surface area (Å²) in [6.07, 6.45) is 2.85. The molecule has 0 spiro atoms. The lowest BCUT2D eigenvalue weighted by Crippen LogP contribution is -2.25. The molecule has 0 aliphatic carbocycles. The van der Waals surface area contributed by atoms with Crippen LogP contribution < -0.4 is 5.32 Å². The molecule has 82 valence electrons. The van der Waals surface area contributed by atoms with Gasteiger partial charge in [0.1, 0.15) is 5.76 Å². The van der Waals surface area contributed by atoms with Crippen LogP contribution in [0.3, 0.4) is 0 Å². The summed E-state index contributed by atoms with van der Waals surface area (Å²) in [6.45, 7) is 2.26. The molecule has 0 saturated heterocycles. The molecule has 0 amide bonds. The Morgan fingerprint density at radius 2 is 2.06 bits per heavy atom. The molecule has 2 atom stereocenters. The van der Waals surface area contributed by atoms with Gasteiger partial charge in [-0.3, -0.25) is 0 Å². The minimum absolute atomic E-state index is 0.296. The molecular weight excluding hydrogens is 198 g/mol. The number of hydrogen-bond acceptors (Lipinski definition) is 2. The lowest BCUT2D eigenvalue weighted by atomic mass is 9.87. The van der Waals surface area contributed by atoms with Crippen LogP contribution in [-0.2, 0) is 6.42 Å². The van der Waals surface area contributed by atoms with Gasteiger partial charge in [-0.25, -0.2) is 0 Å². The molecular formula is C14H15NO. The van der Waals surface area contributed by atoms with Gasteiger partial charge in [-0.15, -0.1) is 0 Å². The van der Waals surface area contributed by atoms with Crippen molar-refractivity contribution in [1.82, 2.24) is 0 Å². The lowest BCUT2D eigenvalue weighted by molar-refractivity contribution is 0.392. The predicted molar refractivity (Wildman–Crippen MR) is 64.4 cm³/mol. The van der Waals surface area contributed by atoms with Crippen LogP contribution in [0.4, 0.5) is 5.69 Å². The van der Waals surface area contributed by atoms with Gasteiger partial charge in [0, 0.05) is 5.69 Å². The maximum atomic E-state index is 5.50. The third-order valence-electron chi connectivity index (χ3n) is 3.29. The number of benzene rings is 1. The molecule has 0 bridgehead atoms. The average molecular weight is 213 g/mol. The Balaban J connectivity index is 1.95. The van der Waals surface area contributed by atoms with Crippen LogP contribution in [0.15, 0.2) is 47.1 Å². The van der Waals surface area contributed by atoms with Crippen LogP contribution in [0.25, 0.3) is 0 Å². The van der Waals surface area contributed by atoms with E-state index in [-0.39, 0.29) is 0 Å². The molecule has 1 N–H and O–H groups in total. The second-order valence-corrected chi connectivity index (χ2v) is 4.48. The Bertz CT molecular complexity index is 475. The zero-order valence-corrected chi connectivity index (χ0v) is 9.31. The smallest absolute Gasteiger partial charge is 0.126 e. The number of fused-ring (bicyclic) bond motifs is 1. The zero-order valence-electron chi connectivity index (χ0n) is 9.31. The van der Waals surface area contributed by atoms with Crippen molar-refractivity contribution in [3.8, 4) is 0 Å². The summed E-state index contributed by atoms with van der Waals surface area (Å²) < 4.78 is 5.50. The highest BCUT2D eigenvalue weighted by Crippen LogP contribution is 2.36. The van der Waals surface area contributed by atoms with Gasteiger partial charge in [-0.2, -0.15) is 0 Å². The standard InChI is InChI=1S/C14H15NO/c1-10-9-11-5-2-3-6-12(11)15-14(10)13-7-4-8-16-13/h2-8,10,14-15H,9H2,1H3. The first-order chi connectivity index (χ1) is 7.84. The van der Waals surface area contributed by atoms with Crippen molar-refractivity contribution < 1.29 is 4.42 Å². The topological polar surface area (TPSA) is 25.2 Å². The summed E-state index contributed by atoms with van der Waals surface area (Å²) in [6, 6.07) is 12.8. The molecule has 16 heavy (non-hydrogen) atoms. The predicted octanol–water partition coefficient (Wildman–Crippen LogP) is 3.63. The van der Waals surface area contributed by atoms with Crippen molar-refractivity contribution in [3.05, 3.63) is 54.0 Å². The third-order valence-corrected chi connectivity index (χ3v) is 3.29. The van der Waals surface area contributed by atoms with Gasteiger partial charge in [0.25, 0.3) is 0 Å². The highest BCUT2D eigenvalue weighted by Gasteiger charge is 2.27. The highest BCUT2D eigenvalue weighted by atomic mass is 16.3. The first kappa shape index (κ1) is 9.52. The van der Waals surface area contributed by atoms with E-state index < -0.39 is 0 Å². The van der Waals surface area contributed by atoms with Crippen LogP contribution in [-0.4, -0.2) is 0 Å². The minimum Gasteiger partial charge on any atom is -0.467 e. The molecule has 2 aromatic rings.